The first kappa shape index (κ1) is 12.6. The lowest BCUT2D eigenvalue weighted by atomic mass is 10.1. The molecular weight excluding hydrogens is 302 g/mol. The summed E-state index contributed by atoms with van der Waals surface area (Å²) in [6, 6.07) is 8.30. The van der Waals surface area contributed by atoms with Crippen molar-refractivity contribution in [1.82, 2.24) is 9.97 Å². The number of nitrogens with zero attached hydrogens (tertiary/aromatic N) is 2. The number of anilines is 2. The van der Waals surface area contributed by atoms with Crippen LogP contribution >= 0.6 is 15.9 Å². The zero-order valence-electron chi connectivity index (χ0n) is 11.1. The number of hydrogen-bond acceptors (Lipinski definition) is 3. The molecule has 0 atom stereocenters. The summed E-state index contributed by atoms with van der Waals surface area (Å²) in [6.45, 7) is 4.19. The number of rotatable bonds is 3. The van der Waals surface area contributed by atoms with Gasteiger partial charge in [-0.1, -0.05) is 12.1 Å². The number of halogens is 1. The summed E-state index contributed by atoms with van der Waals surface area (Å²) in [7, 11) is 0. The Kier molecular flexibility index (Phi) is 3.27. The van der Waals surface area contributed by atoms with E-state index in [2.05, 4.69) is 63.3 Å². The molecule has 0 spiro atoms. The van der Waals surface area contributed by atoms with Crippen LogP contribution < -0.4 is 5.32 Å². The first-order chi connectivity index (χ1) is 9.11. The molecule has 1 saturated carbocycles. The van der Waals surface area contributed by atoms with Gasteiger partial charge in [-0.25, -0.2) is 9.97 Å². The Morgan fingerprint density at radius 2 is 1.95 bits per heavy atom. The highest BCUT2D eigenvalue weighted by atomic mass is 79.9. The van der Waals surface area contributed by atoms with Gasteiger partial charge in [0.25, 0.3) is 0 Å². The van der Waals surface area contributed by atoms with Gasteiger partial charge in [0, 0.05) is 17.7 Å². The lowest BCUT2D eigenvalue weighted by Gasteiger charge is -2.11. The molecule has 3 rings (SSSR count). The Balaban J connectivity index is 1.92. The number of aryl methyl sites for hydroxylation is 2. The maximum Gasteiger partial charge on any atom is 0.135 e. The normalized spacial score (nSPS) is 14.5. The minimum Gasteiger partial charge on any atom is -0.340 e. The summed E-state index contributed by atoms with van der Waals surface area (Å²) in [5.74, 6) is 2.36. The van der Waals surface area contributed by atoms with Gasteiger partial charge in [0.05, 0.1) is 0 Å². The van der Waals surface area contributed by atoms with E-state index in [-0.39, 0.29) is 0 Å². The Hall–Kier alpha value is -1.42. The minimum absolute atomic E-state index is 0.552. The van der Waals surface area contributed by atoms with Gasteiger partial charge in [0.1, 0.15) is 16.2 Å². The maximum atomic E-state index is 4.61. The second-order valence-electron chi connectivity index (χ2n) is 5.15. The summed E-state index contributed by atoms with van der Waals surface area (Å²) in [6.07, 6.45) is 2.42. The molecule has 1 aliphatic carbocycles. The second-order valence-corrected chi connectivity index (χ2v) is 5.96. The highest BCUT2D eigenvalue weighted by Crippen LogP contribution is 2.39. The number of nitrogens with one attached hydrogen (secondary N) is 1. The molecule has 0 saturated heterocycles. The summed E-state index contributed by atoms with van der Waals surface area (Å²) in [5, 5.41) is 3.40. The van der Waals surface area contributed by atoms with Crippen molar-refractivity contribution >= 4 is 27.4 Å². The van der Waals surface area contributed by atoms with Crippen LogP contribution in [-0.4, -0.2) is 9.97 Å². The molecule has 1 aromatic carbocycles. The fraction of sp³-hybridized carbons (Fsp3) is 0.333. The van der Waals surface area contributed by atoms with E-state index >= 15 is 0 Å². The molecule has 1 heterocycles. The van der Waals surface area contributed by atoms with Crippen molar-refractivity contribution in [3.05, 3.63) is 45.8 Å². The monoisotopic (exact) mass is 317 g/mol. The van der Waals surface area contributed by atoms with Gasteiger partial charge < -0.3 is 5.32 Å². The van der Waals surface area contributed by atoms with E-state index in [0.717, 1.165) is 21.9 Å². The quantitative estimate of drug-likeness (QED) is 0.848. The molecule has 0 bridgehead atoms. The number of aromatic nitrogens is 2. The fourth-order valence-electron chi connectivity index (χ4n) is 2.03. The molecule has 0 unspecified atom stereocenters. The van der Waals surface area contributed by atoms with Crippen LogP contribution in [0.1, 0.15) is 35.7 Å². The van der Waals surface area contributed by atoms with Crippen molar-refractivity contribution in [2.75, 3.05) is 5.32 Å². The summed E-state index contributed by atoms with van der Waals surface area (Å²) in [5.41, 5.74) is 3.56. The Morgan fingerprint density at radius 1 is 1.16 bits per heavy atom. The van der Waals surface area contributed by atoms with Gasteiger partial charge in [0.15, 0.2) is 0 Å². The Bertz CT molecular complexity index is 621. The van der Waals surface area contributed by atoms with Gasteiger partial charge in [-0.3, -0.25) is 0 Å². The van der Waals surface area contributed by atoms with E-state index < -0.39 is 0 Å². The second kappa shape index (κ2) is 4.93. The van der Waals surface area contributed by atoms with Crippen LogP contribution in [0.4, 0.5) is 11.5 Å². The van der Waals surface area contributed by atoms with Crippen molar-refractivity contribution in [3.63, 3.8) is 0 Å². The molecule has 1 aliphatic rings. The zero-order chi connectivity index (χ0) is 13.4. The average Bonchev–Trinajstić information content (AvgIpc) is 3.17. The molecule has 19 heavy (non-hydrogen) atoms. The van der Waals surface area contributed by atoms with Crippen molar-refractivity contribution in [2.24, 2.45) is 0 Å². The van der Waals surface area contributed by atoms with Gasteiger partial charge in [0.2, 0.25) is 0 Å². The molecule has 0 amide bonds. The molecule has 1 aromatic heterocycles. The molecular formula is C15H16BrN3. The zero-order valence-corrected chi connectivity index (χ0v) is 12.7. The van der Waals surface area contributed by atoms with E-state index in [1.807, 2.05) is 6.07 Å². The van der Waals surface area contributed by atoms with Crippen molar-refractivity contribution in [2.45, 2.75) is 32.6 Å². The lowest BCUT2D eigenvalue weighted by molar-refractivity contribution is 0.919. The van der Waals surface area contributed by atoms with E-state index in [4.69, 9.17) is 0 Å². The number of benzene rings is 1. The maximum absolute atomic E-state index is 4.61. The predicted molar refractivity (Wildman–Crippen MR) is 80.9 cm³/mol. The molecule has 98 valence electrons. The predicted octanol–water partition coefficient (Wildman–Crippen LogP) is 4.48. The Labute approximate surface area is 121 Å². The van der Waals surface area contributed by atoms with Crippen molar-refractivity contribution in [3.8, 4) is 0 Å². The van der Waals surface area contributed by atoms with Crippen LogP contribution in [0.3, 0.4) is 0 Å². The molecule has 0 radical (unpaired) electrons. The van der Waals surface area contributed by atoms with E-state index in [1.54, 1.807) is 0 Å². The van der Waals surface area contributed by atoms with Gasteiger partial charge in [-0.15, -0.1) is 0 Å². The molecule has 4 heteroatoms. The van der Waals surface area contributed by atoms with Crippen LogP contribution in [0.25, 0.3) is 0 Å². The average molecular weight is 318 g/mol. The van der Waals surface area contributed by atoms with E-state index in [9.17, 15) is 0 Å². The third-order valence-corrected chi connectivity index (χ3v) is 3.72. The third kappa shape index (κ3) is 2.95. The van der Waals surface area contributed by atoms with E-state index in [1.165, 1.54) is 24.0 Å². The van der Waals surface area contributed by atoms with Crippen molar-refractivity contribution < 1.29 is 0 Å². The molecule has 1 N–H and O–H groups in total. The smallest absolute Gasteiger partial charge is 0.135 e. The summed E-state index contributed by atoms with van der Waals surface area (Å²) in [4.78, 5) is 9.05. The standard InChI is InChI=1S/C15H16BrN3/c1-9-3-4-10(2)12(7-9)17-14-8-13(16)18-15(19-14)11-5-6-11/h3-4,7-8,11H,5-6H2,1-2H3,(H,17,18,19). The van der Waals surface area contributed by atoms with Crippen LogP contribution in [0.5, 0.6) is 0 Å². The summed E-state index contributed by atoms with van der Waals surface area (Å²) >= 11 is 3.46. The third-order valence-electron chi connectivity index (χ3n) is 3.31. The van der Waals surface area contributed by atoms with Gasteiger partial charge in [-0.05, 0) is 59.8 Å². The number of hydrogen-bond donors (Lipinski definition) is 1. The first-order valence-corrected chi connectivity index (χ1v) is 7.30. The molecule has 2 aromatic rings. The van der Waals surface area contributed by atoms with Crippen LogP contribution in [0.15, 0.2) is 28.9 Å². The van der Waals surface area contributed by atoms with Crippen LogP contribution in [0.2, 0.25) is 0 Å². The fourth-order valence-corrected chi connectivity index (χ4v) is 2.43. The summed E-state index contributed by atoms with van der Waals surface area (Å²) < 4.78 is 0.845. The van der Waals surface area contributed by atoms with Gasteiger partial charge >= 0.3 is 0 Å². The molecule has 3 nitrogen and oxygen atoms in total. The Morgan fingerprint density at radius 3 is 2.68 bits per heavy atom. The largest absolute Gasteiger partial charge is 0.340 e. The van der Waals surface area contributed by atoms with Crippen LogP contribution in [0, 0.1) is 13.8 Å². The topological polar surface area (TPSA) is 37.8 Å². The van der Waals surface area contributed by atoms with Gasteiger partial charge in [-0.2, -0.15) is 0 Å². The minimum atomic E-state index is 0.552. The molecule has 0 aliphatic heterocycles. The van der Waals surface area contributed by atoms with Crippen molar-refractivity contribution in [1.29, 1.82) is 0 Å². The highest BCUT2D eigenvalue weighted by molar-refractivity contribution is 9.10. The highest BCUT2D eigenvalue weighted by Gasteiger charge is 2.27. The molecule has 1 fully saturated rings. The van der Waals surface area contributed by atoms with Crippen LogP contribution in [-0.2, 0) is 0 Å². The SMILES string of the molecule is Cc1ccc(C)c(Nc2cc(Br)nc(C3CC3)n2)c1. The lowest BCUT2D eigenvalue weighted by Crippen LogP contribution is -2.01. The van der Waals surface area contributed by atoms with E-state index in [0.29, 0.717) is 5.92 Å². The first-order valence-electron chi connectivity index (χ1n) is 6.50.